The fourth-order valence-corrected chi connectivity index (χ4v) is 5.51. The predicted molar refractivity (Wildman–Crippen MR) is 149 cm³/mol. The zero-order valence-electron chi connectivity index (χ0n) is 21.9. The summed E-state index contributed by atoms with van der Waals surface area (Å²) in [6.45, 7) is 13.9. The van der Waals surface area contributed by atoms with Crippen molar-refractivity contribution in [3.05, 3.63) is 63.3 Å². The van der Waals surface area contributed by atoms with E-state index < -0.39 is 0 Å². The van der Waals surface area contributed by atoms with Crippen molar-refractivity contribution in [2.45, 2.75) is 46.5 Å². The number of aromatic hydroxyl groups is 1. The number of carbonyl (C=O) groups excluding carboxylic acids is 1. The van der Waals surface area contributed by atoms with Gasteiger partial charge in [0.1, 0.15) is 11.3 Å². The third-order valence-corrected chi connectivity index (χ3v) is 7.30. The molecule has 3 rings (SSSR count). The van der Waals surface area contributed by atoms with Crippen LogP contribution in [0.15, 0.2) is 47.3 Å². The Bertz CT molecular complexity index is 1180. The van der Waals surface area contributed by atoms with Crippen molar-refractivity contribution >= 4 is 27.5 Å². The first-order chi connectivity index (χ1) is 17.0. The number of amides is 1. The first-order valence-electron chi connectivity index (χ1n) is 12.6. The normalized spacial score (nSPS) is 13.1. The van der Waals surface area contributed by atoms with E-state index >= 15 is 0 Å². The summed E-state index contributed by atoms with van der Waals surface area (Å²) in [4.78, 5) is 30.8. The maximum absolute atomic E-state index is 11.9. The van der Waals surface area contributed by atoms with Gasteiger partial charge in [-0.05, 0) is 34.9 Å². The Morgan fingerprint density at radius 3 is 2.42 bits per heavy atom. The van der Waals surface area contributed by atoms with Gasteiger partial charge in [-0.25, -0.2) is 0 Å². The number of nitrogens with zero attached hydrogens (tertiary/aromatic N) is 2. The fourth-order valence-electron chi connectivity index (χ4n) is 4.61. The van der Waals surface area contributed by atoms with Crippen LogP contribution < -0.4 is 10.6 Å². The number of benzene rings is 2. The first kappa shape index (κ1) is 27.9. The Labute approximate surface area is 217 Å². The molecule has 0 saturated carbocycles. The van der Waals surface area contributed by atoms with Crippen LogP contribution in [-0.2, 0) is 11.2 Å². The molecule has 36 heavy (non-hydrogen) atoms. The number of primary amides is 1. The minimum Gasteiger partial charge on any atom is -0.506 e. The molecule has 0 aliphatic rings. The van der Waals surface area contributed by atoms with E-state index in [4.69, 9.17) is 5.73 Å². The molecular weight excluding hydrogens is 472 g/mol. The molecule has 1 aromatic heterocycles. The van der Waals surface area contributed by atoms with Gasteiger partial charge in [0.05, 0.1) is 4.70 Å². The summed E-state index contributed by atoms with van der Waals surface area (Å²) in [5, 5.41) is 10.1. The van der Waals surface area contributed by atoms with Crippen molar-refractivity contribution in [2.75, 3.05) is 39.3 Å². The molecule has 0 fully saturated rings. The number of thiazole rings is 1. The lowest BCUT2D eigenvalue weighted by Gasteiger charge is -2.33. The van der Waals surface area contributed by atoms with E-state index in [9.17, 15) is 14.7 Å². The van der Waals surface area contributed by atoms with Crippen molar-refractivity contribution in [1.29, 1.82) is 0 Å². The lowest BCUT2D eigenvalue weighted by molar-refractivity contribution is -0.118. The van der Waals surface area contributed by atoms with Crippen LogP contribution in [0.1, 0.15) is 51.2 Å². The quantitative estimate of drug-likeness (QED) is 0.319. The molecule has 0 saturated heterocycles. The molecular formula is C28H40N4O3S. The Morgan fingerprint density at radius 1 is 1.06 bits per heavy atom. The first-order valence-corrected chi connectivity index (χ1v) is 13.4. The highest BCUT2D eigenvalue weighted by atomic mass is 32.1. The highest BCUT2D eigenvalue weighted by molar-refractivity contribution is 7.16. The molecule has 4 N–H and O–H groups in total. The number of nitrogens with one attached hydrogen (secondary N) is 1. The van der Waals surface area contributed by atoms with Gasteiger partial charge in [-0.2, -0.15) is 0 Å². The topological polar surface area (TPSA) is 103 Å². The lowest BCUT2D eigenvalue weighted by atomic mass is 9.95. The average Bonchev–Trinajstić information content (AvgIpc) is 3.22. The van der Waals surface area contributed by atoms with Gasteiger partial charge < -0.3 is 25.6 Å². The summed E-state index contributed by atoms with van der Waals surface area (Å²) in [6.07, 6.45) is 1.13. The van der Waals surface area contributed by atoms with Gasteiger partial charge in [-0.15, -0.1) is 0 Å². The number of phenolic OH excluding ortho intramolecular Hbond substituents is 1. The maximum Gasteiger partial charge on any atom is 0.305 e. The zero-order valence-corrected chi connectivity index (χ0v) is 22.7. The summed E-state index contributed by atoms with van der Waals surface area (Å²) in [5.41, 5.74) is 8.47. The molecule has 1 amide bonds. The zero-order chi connectivity index (χ0) is 26.3. The highest BCUT2D eigenvalue weighted by Gasteiger charge is 2.20. The second-order valence-electron chi connectivity index (χ2n) is 10.9. The average molecular weight is 513 g/mol. The SMILES string of the molecule is C[C@H](CN(CCC(N)=O)CCN(CCc1ccc(O)c2[nH]c(=O)sc12)CC(C)(C)C)c1ccccc1. The Hall–Kier alpha value is -2.68. The molecule has 0 spiro atoms. The van der Waals surface area contributed by atoms with Crippen LogP contribution in [0, 0.1) is 5.41 Å². The Kier molecular flexibility index (Phi) is 9.70. The molecule has 2 aromatic carbocycles. The summed E-state index contributed by atoms with van der Waals surface area (Å²) in [7, 11) is 0. The van der Waals surface area contributed by atoms with Crippen LogP contribution in [-0.4, -0.2) is 65.1 Å². The monoisotopic (exact) mass is 512 g/mol. The summed E-state index contributed by atoms with van der Waals surface area (Å²) < 4.78 is 0.829. The van der Waals surface area contributed by atoms with Crippen molar-refractivity contribution < 1.29 is 9.90 Å². The largest absolute Gasteiger partial charge is 0.506 e. The minimum atomic E-state index is -0.277. The van der Waals surface area contributed by atoms with Crippen LogP contribution in [0.25, 0.3) is 10.2 Å². The van der Waals surface area contributed by atoms with Crippen molar-refractivity contribution in [3.63, 3.8) is 0 Å². The number of fused-ring (bicyclic) bond motifs is 1. The number of hydrogen-bond acceptors (Lipinski definition) is 6. The van der Waals surface area contributed by atoms with Crippen LogP contribution in [0.3, 0.4) is 0 Å². The van der Waals surface area contributed by atoms with Crippen molar-refractivity contribution in [1.82, 2.24) is 14.8 Å². The number of aromatic amines is 1. The smallest absolute Gasteiger partial charge is 0.305 e. The summed E-state index contributed by atoms with van der Waals surface area (Å²) in [6, 6.07) is 14.0. The van der Waals surface area contributed by atoms with Gasteiger partial charge in [0.15, 0.2) is 0 Å². The molecule has 1 atom stereocenters. The van der Waals surface area contributed by atoms with Gasteiger partial charge in [-0.3, -0.25) is 9.59 Å². The van der Waals surface area contributed by atoms with Crippen molar-refractivity contribution in [3.8, 4) is 5.75 Å². The number of H-pyrrole nitrogens is 1. The van der Waals surface area contributed by atoms with E-state index in [1.54, 1.807) is 6.07 Å². The third kappa shape index (κ3) is 8.47. The molecule has 7 nitrogen and oxygen atoms in total. The van der Waals surface area contributed by atoms with E-state index in [0.717, 1.165) is 60.7 Å². The number of phenols is 1. The van der Waals surface area contributed by atoms with Crippen LogP contribution in [0.5, 0.6) is 5.75 Å². The Morgan fingerprint density at radius 2 is 1.75 bits per heavy atom. The summed E-state index contributed by atoms with van der Waals surface area (Å²) in [5.74, 6) is 0.175. The van der Waals surface area contributed by atoms with E-state index in [-0.39, 0.29) is 21.9 Å². The number of hydrogen-bond donors (Lipinski definition) is 3. The molecule has 0 aliphatic carbocycles. The van der Waals surface area contributed by atoms with E-state index in [1.807, 2.05) is 12.1 Å². The minimum absolute atomic E-state index is 0.108. The number of carbonyl (C=O) groups is 1. The highest BCUT2D eigenvalue weighted by Crippen LogP contribution is 2.28. The standard InChI is InChI=1S/C28H40N4O3S/c1-20(21-8-6-5-7-9-21)18-31(15-13-24(29)34)16-17-32(19-28(2,3)4)14-12-22-10-11-23(33)25-26(22)36-27(35)30-25/h5-11,20,33H,12-19H2,1-4H3,(H2,29,34)(H,30,35)/t20-/m1/s1. The molecule has 3 aromatic rings. The number of aromatic nitrogens is 1. The van der Waals surface area contributed by atoms with Gasteiger partial charge in [0, 0.05) is 45.7 Å². The Balaban J connectivity index is 1.70. The van der Waals surface area contributed by atoms with Crippen molar-refractivity contribution in [2.24, 2.45) is 11.1 Å². The van der Waals surface area contributed by atoms with E-state index in [0.29, 0.717) is 24.4 Å². The predicted octanol–water partition coefficient (Wildman–Crippen LogP) is 4.17. The molecule has 8 heteroatoms. The molecule has 1 heterocycles. The number of nitrogens with two attached hydrogens (primary N) is 1. The van der Waals surface area contributed by atoms with Crippen LogP contribution >= 0.6 is 11.3 Å². The van der Waals surface area contributed by atoms with Gasteiger partial charge >= 0.3 is 4.87 Å². The second kappa shape index (κ2) is 12.5. The van der Waals surface area contributed by atoms with Crippen LogP contribution in [0.2, 0.25) is 0 Å². The van der Waals surface area contributed by atoms with E-state index in [1.165, 1.54) is 5.56 Å². The maximum atomic E-state index is 11.9. The third-order valence-electron chi connectivity index (χ3n) is 6.34. The van der Waals surface area contributed by atoms with Gasteiger partial charge in [0.25, 0.3) is 0 Å². The van der Waals surface area contributed by atoms with E-state index in [2.05, 4.69) is 66.7 Å². The second-order valence-corrected chi connectivity index (χ2v) is 11.9. The van der Waals surface area contributed by atoms with Gasteiger partial charge in [0.2, 0.25) is 5.91 Å². The molecule has 0 radical (unpaired) electrons. The lowest BCUT2D eigenvalue weighted by Crippen LogP contribution is -2.42. The number of rotatable bonds is 13. The molecule has 196 valence electrons. The van der Waals surface area contributed by atoms with Crippen LogP contribution in [0.4, 0.5) is 0 Å². The molecule has 0 aliphatic heterocycles. The molecule has 0 bridgehead atoms. The molecule has 0 unspecified atom stereocenters. The summed E-state index contributed by atoms with van der Waals surface area (Å²) >= 11 is 1.15. The van der Waals surface area contributed by atoms with Gasteiger partial charge in [-0.1, -0.05) is 75.4 Å². The fraction of sp³-hybridized carbons (Fsp3) is 0.500.